The molecule has 3 saturated carbocycles. The second kappa shape index (κ2) is 12.6. The van der Waals surface area contributed by atoms with Crippen LogP contribution in [-0.4, -0.2) is 88.3 Å². The fourth-order valence-corrected chi connectivity index (χ4v) is 11.3. The zero-order valence-electron chi connectivity index (χ0n) is 29.2. The Morgan fingerprint density at radius 3 is 2.27 bits per heavy atom. The van der Waals surface area contributed by atoms with Gasteiger partial charge in [0.1, 0.15) is 24.4 Å². The number of ether oxygens (including phenoxy) is 3. The fraction of sp³-hybridized carbons (Fsp3) is 0.892. The molecule has 45 heavy (non-hydrogen) atoms. The highest BCUT2D eigenvalue weighted by molar-refractivity contribution is 5.32. The molecule has 0 spiro atoms. The van der Waals surface area contributed by atoms with Crippen molar-refractivity contribution in [2.45, 2.75) is 149 Å². The average molecular weight is 635 g/mol. The molecule has 8 heteroatoms. The Morgan fingerprint density at radius 1 is 0.956 bits per heavy atom. The van der Waals surface area contributed by atoms with E-state index in [1.54, 1.807) is 0 Å². The molecule has 1 heterocycles. The lowest BCUT2D eigenvalue weighted by Gasteiger charge is -2.67. The quantitative estimate of drug-likeness (QED) is 0.242. The maximum Gasteiger partial charge on any atom is 0.187 e. The molecule has 5 rings (SSSR count). The van der Waals surface area contributed by atoms with E-state index < -0.39 is 37.3 Å². The Labute approximate surface area is 271 Å². The first-order valence-corrected chi connectivity index (χ1v) is 17.5. The molecular formula is C37H62O8. The molecule has 0 aromatic heterocycles. The third-order valence-electron chi connectivity index (χ3n) is 14.1. The van der Waals surface area contributed by atoms with Gasteiger partial charge < -0.3 is 39.7 Å². The van der Waals surface area contributed by atoms with Gasteiger partial charge in [-0.05, 0) is 92.8 Å². The van der Waals surface area contributed by atoms with E-state index in [1.165, 1.54) is 5.57 Å². The first-order valence-electron chi connectivity index (χ1n) is 17.5. The van der Waals surface area contributed by atoms with Crippen molar-refractivity contribution in [1.29, 1.82) is 0 Å². The predicted octanol–water partition coefficient (Wildman–Crippen LogP) is 4.75. The van der Waals surface area contributed by atoms with Crippen LogP contribution in [0.1, 0.15) is 100 Å². The summed E-state index contributed by atoms with van der Waals surface area (Å²) in [4.78, 5) is 0. The molecule has 4 aliphatic carbocycles. The van der Waals surface area contributed by atoms with Gasteiger partial charge in [0, 0.05) is 18.4 Å². The molecule has 0 radical (unpaired) electrons. The van der Waals surface area contributed by atoms with E-state index in [0.29, 0.717) is 23.7 Å². The van der Waals surface area contributed by atoms with Crippen molar-refractivity contribution in [2.24, 2.45) is 45.3 Å². The topological polar surface area (TPSA) is 129 Å². The number of aliphatic hydroxyl groups is 5. The van der Waals surface area contributed by atoms with Gasteiger partial charge in [-0.25, -0.2) is 0 Å². The van der Waals surface area contributed by atoms with E-state index in [-0.39, 0.29) is 40.0 Å². The van der Waals surface area contributed by atoms with Gasteiger partial charge in [-0.2, -0.15) is 0 Å². The summed E-state index contributed by atoms with van der Waals surface area (Å²) >= 11 is 0. The number of hydrogen-bond donors (Lipinski definition) is 5. The minimum absolute atomic E-state index is 0.0115. The molecule has 15 atom stereocenters. The SMILES string of the molecule is COC1C=C2C(CCC(O)C2(C)C)C2(C)CCC3(C)C(C(C)CC(C=C(C)C)OC4OC(CO)C(O)C(O)C4O)CCC3(C)C12. The maximum atomic E-state index is 11.0. The van der Waals surface area contributed by atoms with E-state index in [9.17, 15) is 25.5 Å². The van der Waals surface area contributed by atoms with Crippen molar-refractivity contribution >= 4 is 0 Å². The van der Waals surface area contributed by atoms with Crippen LogP contribution in [0.4, 0.5) is 0 Å². The molecule has 8 nitrogen and oxygen atoms in total. The van der Waals surface area contributed by atoms with Crippen molar-refractivity contribution in [2.75, 3.05) is 13.7 Å². The lowest BCUT2D eigenvalue weighted by molar-refractivity contribution is -0.308. The van der Waals surface area contributed by atoms with Crippen LogP contribution >= 0.6 is 0 Å². The van der Waals surface area contributed by atoms with Gasteiger partial charge in [0.05, 0.1) is 24.9 Å². The Morgan fingerprint density at radius 2 is 1.64 bits per heavy atom. The van der Waals surface area contributed by atoms with Crippen molar-refractivity contribution in [3.05, 3.63) is 23.3 Å². The van der Waals surface area contributed by atoms with Crippen LogP contribution in [0.2, 0.25) is 0 Å². The number of rotatable bonds is 8. The summed E-state index contributed by atoms with van der Waals surface area (Å²) in [6, 6.07) is 0. The molecule has 5 aliphatic rings. The van der Waals surface area contributed by atoms with Gasteiger partial charge in [-0.3, -0.25) is 0 Å². The highest BCUT2D eigenvalue weighted by Gasteiger charge is 2.69. The Bertz CT molecular complexity index is 1130. The predicted molar refractivity (Wildman–Crippen MR) is 173 cm³/mol. The van der Waals surface area contributed by atoms with Crippen molar-refractivity contribution in [3.8, 4) is 0 Å². The van der Waals surface area contributed by atoms with Gasteiger partial charge >= 0.3 is 0 Å². The molecule has 4 fully saturated rings. The molecule has 258 valence electrons. The average Bonchev–Trinajstić information content (AvgIpc) is 3.25. The van der Waals surface area contributed by atoms with Crippen molar-refractivity contribution in [3.63, 3.8) is 0 Å². The minimum Gasteiger partial charge on any atom is -0.394 e. The largest absolute Gasteiger partial charge is 0.394 e. The lowest BCUT2D eigenvalue weighted by atomic mass is 9.38. The van der Waals surface area contributed by atoms with Gasteiger partial charge in [-0.15, -0.1) is 0 Å². The number of allylic oxidation sites excluding steroid dienone is 1. The highest BCUT2D eigenvalue weighted by Crippen LogP contribution is 2.75. The first-order chi connectivity index (χ1) is 21.0. The van der Waals surface area contributed by atoms with E-state index >= 15 is 0 Å². The summed E-state index contributed by atoms with van der Waals surface area (Å²) < 4.78 is 18.4. The molecule has 0 aromatic carbocycles. The highest BCUT2D eigenvalue weighted by atomic mass is 16.7. The van der Waals surface area contributed by atoms with E-state index in [1.807, 2.05) is 21.0 Å². The summed E-state index contributed by atoms with van der Waals surface area (Å²) in [5.41, 5.74) is 2.51. The summed E-state index contributed by atoms with van der Waals surface area (Å²) in [7, 11) is 1.86. The minimum atomic E-state index is -1.46. The van der Waals surface area contributed by atoms with Crippen molar-refractivity contribution < 1.29 is 39.7 Å². The third-order valence-corrected chi connectivity index (χ3v) is 14.1. The first kappa shape index (κ1) is 35.5. The Hall–Kier alpha value is -0.840. The number of aliphatic hydroxyl groups excluding tert-OH is 5. The molecule has 1 saturated heterocycles. The summed E-state index contributed by atoms with van der Waals surface area (Å²) in [5, 5.41) is 52.0. The van der Waals surface area contributed by atoms with Crippen LogP contribution in [0.15, 0.2) is 23.3 Å². The summed E-state index contributed by atoms with van der Waals surface area (Å²) in [6.45, 7) is 17.9. The van der Waals surface area contributed by atoms with Crippen LogP contribution in [-0.2, 0) is 14.2 Å². The molecule has 0 aromatic rings. The van der Waals surface area contributed by atoms with Crippen molar-refractivity contribution in [1.82, 2.24) is 0 Å². The molecule has 0 amide bonds. The van der Waals surface area contributed by atoms with Crippen LogP contribution in [0.5, 0.6) is 0 Å². The normalized spacial score (nSPS) is 48.8. The van der Waals surface area contributed by atoms with Crippen LogP contribution < -0.4 is 0 Å². The number of hydrogen-bond acceptors (Lipinski definition) is 8. The second-order valence-corrected chi connectivity index (χ2v) is 17.0. The van der Waals surface area contributed by atoms with E-state index in [2.05, 4.69) is 53.7 Å². The van der Waals surface area contributed by atoms with Crippen LogP contribution in [0.25, 0.3) is 0 Å². The Balaban J connectivity index is 1.40. The molecular weight excluding hydrogens is 572 g/mol. The van der Waals surface area contributed by atoms with Crippen LogP contribution in [0, 0.1) is 45.3 Å². The maximum absolute atomic E-state index is 11.0. The van der Waals surface area contributed by atoms with E-state index in [4.69, 9.17) is 14.2 Å². The monoisotopic (exact) mass is 634 g/mol. The van der Waals surface area contributed by atoms with Crippen LogP contribution in [0.3, 0.4) is 0 Å². The fourth-order valence-electron chi connectivity index (χ4n) is 11.3. The lowest BCUT2D eigenvalue weighted by Crippen LogP contribution is -2.63. The van der Waals surface area contributed by atoms with Gasteiger partial charge in [-0.1, -0.05) is 64.8 Å². The third kappa shape index (κ3) is 5.61. The zero-order valence-corrected chi connectivity index (χ0v) is 29.2. The van der Waals surface area contributed by atoms with Gasteiger partial charge in [0.15, 0.2) is 6.29 Å². The standard InChI is InChI=1S/C37H62O8/c1-20(2)16-22(44-33-31(42)30(41)29(40)27(19-38)45-33)17-21(3)23-12-13-37(8)32-26(43-9)18-25-24(10-11-28(39)34(25,4)5)35(32,6)14-15-36(23,37)7/h16,18,21-24,26-33,38-42H,10-15,17,19H2,1-9H3. The Kier molecular flexibility index (Phi) is 9.90. The molecule has 5 N–H and O–H groups in total. The molecule has 1 aliphatic heterocycles. The second-order valence-electron chi connectivity index (χ2n) is 17.0. The van der Waals surface area contributed by atoms with Gasteiger partial charge in [0.2, 0.25) is 0 Å². The molecule has 15 unspecified atom stereocenters. The number of fused-ring (bicyclic) bond motifs is 5. The summed E-state index contributed by atoms with van der Waals surface area (Å²) in [5.74, 6) is 1.61. The summed E-state index contributed by atoms with van der Waals surface area (Å²) in [6.07, 6.45) is 4.51. The molecule has 0 bridgehead atoms. The smallest absolute Gasteiger partial charge is 0.187 e. The zero-order chi connectivity index (χ0) is 33.3. The van der Waals surface area contributed by atoms with E-state index in [0.717, 1.165) is 50.5 Å². The number of methoxy groups -OCH3 is 1. The van der Waals surface area contributed by atoms with Gasteiger partial charge in [0.25, 0.3) is 0 Å².